The highest BCUT2D eigenvalue weighted by molar-refractivity contribution is 6.30. The van der Waals surface area contributed by atoms with Gasteiger partial charge in [0, 0.05) is 30.9 Å². The smallest absolute Gasteiger partial charge is 0.137 e. The van der Waals surface area contributed by atoms with Gasteiger partial charge in [0.05, 0.1) is 0 Å². The number of nitrogens with zero attached hydrogens (tertiary/aromatic N) is 3. The topological polar surface area (TPSA) is 66.5 Å². The molecule has 0 fully saturated rings. The molecule has 6 heteroatoms. The maximum atomic E-state index is 6.00. The van der Waals surface area contributed by atoms with Crippen molar-refractivity contribution in [3.8, 4) is 0 Å². The van der Waals surface area contributed by atoms with Crippen LogP contribution in [0.25, 0.3) is 0 Å². The zero-order valence-corrected chi connectivity index (χ0v) is 10.3. The van der Waals surface area contributed by atoms with Gasteiger partial charge in [0.2, 0.25) is 0 Å². The molecule has 2 heterocycles. The minimum absolute atomic E-state index is 0.517. The summed E-state index contributed by atoms with van der Waals surface area (Å²) in [5.41, 5.74) is 0.952. The highest BCUT2D eigenvalue weighted by Crippen LogP contribution is 2.19. The first-order chi connectivity index (χ1) is 8.31. The monoisotopic (exact) mass is 251 g/mol. The summed E-state index contributed by atoms with van der Waals surface area (Å²) in [6.07, 6.45) is 6.65. The normalized spacial score (nSPS) is 10.5. The van der Waals surface area contributed by atoms with Crippen molar-refractivity contribution in [2.45, 2.75) is 19.8 Å². The number of imidazole rings is 1. The summed E-state index contributed by atoms with van der Waals surface area (Å²) in [7, 11) is 0. The van der Waals surface area contributed by atoms with E-state index in [-0.39, 0.29) is 0 Å². The fourth-order valence-corrected chi connectivity index (χ4v) is 1.86. The summed E-state index contributed by atoms with van der Waals surface area (Å²) in [5, 5.41) is 3.76. The molecule has 0 aliphatic heterocycles. The van der Waals surface area contributed by atoms with E-state index in [2.05, 4.69) is 25.3 Å². The van der Waals surface area contributed by atoms with E-state index in [1.165, 1.54) is 6.33 Å². The number of aromatic nitrogens is 4. The fraction of sp³-hybridized carbons (Fsp3) is 0.364. The third kappa shape index (κ3) is 2.94. The lowest BCUT2D eigenvalue weighted by molar-refractivity contribution is 0.912. The molecule has 0 saturated heterocycles. The lowest BCUT2D eigenvalue weighted by Gasteiger charge is -2.09. The Balaban J connectivity index is 1.97. The summed E-state index contributed by atoms with van der Waals surface area (Å²) < 4.78 is 0. The number of nitrogens with one attached hydrogen (secondary N) is 2. The van der Waals surface area contributed by atoms with E-state index in [0.29, 0.717) is 5.15 Å². The quantitative estimate of drug-likeness (QED) is 0.799. The molecule has 2 N–H and O–H groups in total. The van der Waals surface area contributed by atoms with Crippen LogP contribution < -0.4 is 5.32 Å². The van der Waals surface area contributed by atoms with Gasteiger partial charge in [-0.25, -0.2) is 15.0 Å². The molecular weight excluding hydrogens is 238 g/mol. The maximum Gasteiger partial charge on any atom is 0.137 e. The number of halogens is 1. The van der Waals surface area contributed by atoms with E-state index < -0.39 is 0 Å². The van der Waals surface area contributed by atoms with Gasteiger partial charge < -0.3 is 10.3 Å². The van der Waals surface area contributed by atoms with Crippen LogP contribution in [0.4, 0.5) is 5.82 Å². The Labute approximate surface area is 105 Å². The van der Waals surface area contributed by atoms with Crippen molar-refractivity contribution in [2.75, 3.05) is 11.9 Å². The number of rotatable bonds is 5. The zero-order valence-electron chi connectivity index (χ0n) is 9.57. The Bertz CT molecular complexity index is 469. The molecule has 2 rings (SSSR count). The van der Waals surface area contributed by atoms with E-state index >= 15 is 0 Å². The van der Waals surface area contributed by atoms with Gasteiger partial charge in [-0.2, -0.15) is 0 Å². The number of hydrogen-bond acceptors (Lipinski definition) is 4. The van der Waals surface area contributed by atoms with Crippen LogP contribution in [0.2, 0.25) is 5.15 Å². The number of anilines is 1. The Morgan fingerprint density at radius 2 is 2.24 bits per heavy atom. The van der Waals surface area contributed by atoms with Crippen LogP contribution >= 0.6 is 11.6 Å². The molecule has 0 aliphatic carbocycles. The highest BCUT2D eigenvalue weighted by atomic mass is 35.5. The van der Waals surface area contributed by atoms with Crippen molar-refractivity contribution in [1.82, 2.24) is 19.9 Å². The molecule has 0 aromatic carbocycles. The van der Waals surface area contributed by atoms with E-state index in [1.54, 1.807) is 6.20 Å². The molecule has 0 unspecified atom stereocenters. The van der Waals surface area contributed by atoms with E-state index in [1.807, 2.05) is 13.1 Å². The van der Waals surface area contributed by atoms with Gasteiger partial charge in [0.1, 0.15) is 23.1 Å². The second kappa shape index (κ2) is 5.63. The Morgan fingerprint density at radius 3 is 2.94 bits per heavy atom. The first kappa shape index (κ1) is 11.9. The Hall–Kier alpha value is -1.62. The summed E-state index contributed by atoms with van der Waals surface area (Å²) in [4.78, 5) is 15.4. The third-order valence-electron chi connectivity index (χ3n) is 2.46. The average Bonchev–Trinajstić information content (AvgIpc) is 2.82. The van der Waals surface area contributed by atoms with Crippen molar-refractivity contribution in [3.63, 3.8) is 0 Å². The van der Waals surface area contributed by atoms with Crippen LogP contribution in [0, 0.1) is 0 Å². The number of aromatic amines is 1. The molecule has 17 heavy (non-hydrogen) atoms. The molecule has 0 saturated carbocycles. The van der Waals surface area contributed by atoms with Crippen LogP contribution in [0.1, 0.15) is 18.3 Å². The average molecular weight is 252 g/mol. The van der Waals surface area contributed by atoms with Gasteiger partial charge >= 0.3 is 0 Å². The summed E-state index contributed by atoms with van der Waals surface area (Å²) in [6.45, 7) is 2.79. The number of H-pyrrole nitrogens is 1. The predicted molar refractivity (Wildman–Crippen MR) is 67.2 cm³/mol. The number of hydrogen-bond donors (Lipinski definition) is 2. The summed E-state index contributed by atoms with van der Waals surface area (Å²) in [5.74, 6) is 1.76. The molecule has 0 atom stereocenters. The lowest BCUT2D eigenvalue weighted by Crippen LogP contribution is -2.10. The van der Waals surface area contributed by atoms with Crippen molar-refractivity contribution < 1.29 is 0 Å². The van der Waals surface area contributed by atoms with Gasteiger partial charge in [0.25, 0.3) is 0 Å². The Kier molecular flexibility index (Phi) is 3.93. The van der Waals surface area contributed by atoms with Crippen molar-refractivity contribution in [2.24, 2.45) is 0 Å². The van der Waals surface area contributed by atoms with Crippen LogP contribution in [-0.2, 0) is 12.8 Å². The van der Waals surface area contributed by atoms with Crippen molar-refractivity contribution in [3.05, 3.63) is 35.3 Å². The fourth-order valence-electron chi connectivity index (χ4n) is 1.59. The largest absolute Gasteiger partial charge is 0.369 e. The standard InChI is InChI=1S/C11H14ClN5/c1-2-8-10(12)16-7-17-11(8)15-4-3-9-13-5-6-14-9/h5-7H,2-4H2,1H3,(H,13,14)(H,15,16,17). The maximum absolute atomic E-state index is 6.00. The van der Waals surface area contributed by atoms with Gasteiger partial charge in [-0.1, -0.05) is 18.5 Å². The second-order valence-corrected chi connectivity index (χ2v) is 3.92. The van der Waals surface area contributed by atoms with Crippen LogP contribution in [0.3, 0.4) is 0 Å². The lowest BCUT2D eigenvalue weighted by atomic mass is 10.2. The Morgan fingerprint density at radius 1 is 1.35 bits per heavy atom. The molecule has 0 amide bonds. The predicted octanol–water partition coefficient (Wildman–Crippen LogP) is 2.07. The molecule has 0 spiro atoms. The van der Waals surface area contributed by atoms with Crippen molar-refractivity contribution >= 4 is 17.4 Å². The first-order valence-corrected chi connectivity index (χ1v) is 5.90. The zero-order chi connectivity index (χ0) is 12.1. The van der Waals surface area contributed by atoms with Gasteiger partial charge in [0.15, 0.2) is 0 Å². The minimum atomic E-state index is 0.517. The molecule has 0 aliphatic rings. The summed E-state index contributed by atoms with van der Waals surface area (Å²) in [6, 6.07) is 0. The van der Waals surface area contributed by atoms with Crippen molar-refractivity contribution in [1.29, 1.82) is 0 Å². The van der Waals surface area contributed by atoms with Gasteiger partial charge in [-0.15, -0.1) is 0 Å². The molecule has 5 nitrogen and oxygen atoms in total. The minimum Gasteiger partial charge on any atom is -0.369 e. The summed E-state index contributed by atoms with van der Waals surface area (Å²) >= 11 is 6.00. The van der Waals surface area contributed by atoms with E-state index in [9.17, 15) is 0 Å². The van der Waals surface area contributed by atoms with Gasteiger partial charge in [-0.3, -0.25) is 0 Å². The molecule has 0 radical (unpaired) electrons. The molecule has 0 bridgehead atoms. The van der Waals surface area contributed by atoms with Crippen LogP contribution in [0.15, 0.2) is 18.7 Å². The van der Waals surface area contributed by atoms with Gasteiger partial charge in [-0.05, 0) is 6.42 Å². The van der Waals surface area contributed by atoms with E-state index in [0.717, 1.165) is 36.6 Å². The molecule has 90 valence electrons. The molecular formula is C11H14ClN5. The van der Waals surface area contributed by atoms with Crippen LogP contribution in [-0.4, -0.2) is 26.5 Å². The molecule has 2 aromatic rings. The molecule has 2 aromatic heterocycles. The second-order valence-electron chi connectivity index (χ2n) is 3.56. The van der Waals surface area contributed by atoms with E-state index in [4.69, 9.17) is 11.6 Å². The first-order valence-electron chi connectivity index (χ1n) is 5.52. The van der Waals surface area contributed by atoms with Crippen LogP contribution in [0.5, 0.6) is 0 Å². The third-order valence-corrected chi connectivity index (χ3v) is 2.78. The SMILES string of the molecule is CCc1c(Cl)ncnc1NCCc1ncc[nH]1. The highest BCUT2D eigenvalue weighted by Gasteiger charge is 2.07.